The minimum Gasteiger partial charge on any atom is -0.317 e. The van der Waals surface area contributed by atoms with Gasteiger partial charge in [0.25, 0.3) is 0 Å². The highest BCUT2D eigenvalue weighted by Crippen LogP contribution is 2.26. The summed E-state index contributed by atoms with van der Waals surface area (Å²) in [6.07, 6.45) is 2.64. The van der Waals surface area contributed by atoms with Crippen molar-refractivity contribution in [3.8, 4) is 0 Å². The second-order valence-electron chi connectivity index (χ2n) is 4.96. The van der Waals surface area contributed by atoms with E-state index in [2.05, 4.69) is 5.32 Å². The summed E-state index contributed by atoms with van der Waals surface area (Å²) in [6, 6.07) is 4.41. The normalized spacial score (nSPS) is 20.9. The Kier molecular flexibility index (Phi) is 5.31. The molecule has 0 radical (unpaired) electrons. The average Bonchev–Trinajstić information content (AvgIpc) is 2.65. The van der Waals surface area contributed by atoms with E-state index < -0.39 is 10.0 Å². The number of rotatable bonds is 3. The number of nitrogens with one attached hydrogen (secondary N) is 1. The van der Waals surface area contributed by atoms with E-state index in [4.69, 9.17) is 23.2 Å². The molecule has 1 aliphatic heterocycles. The van der Waals surface area contributed by atoms with Crippen LogP contribution in [-0.2, 0) is 10.0 Å². The van der Waals surface area contributed by atoms with Gasteiger partial charge >= 0.3 is 0 Å². The van der Waals surface area contributed by atoms with Gasteiger partial charge in [-0.1, -0.05) is 23.2 Å². The molecule has 1 aromatic rings. The SMILES string of the molecule is CN(C1CCCNCC1)S(=O)(=O)c1cc(Cl)cc(Cl)c1. The van der Waals surface area contributed by atoms with Gasteiger partial charge < -0.3 is 5.32 Å². The number of hydrogen-bond acceptors (Lipinski definition) is 3. The summed E-state index contributed by atoms with van der Waals surface area (Å²) in [4.78, 5) is 0.148. The maximum atomic E-state index is 12.6. The molecule has 1 atom stereocenters. The van der Waals surface area contributed by atoms with Crippen LogP contribution in [0.4, 0.5) is 0 Å². The summed E-state index contributed by atoms with van der Waals surface area (Å²) in [5.74, 6) is 0. The van der Waals surface area contributed by atoms with Crippen LogP contribution in [0.5, 0.6) is 0 Å². The molecule has 7 heteroatoms. The highest BCUT2D eigenvalue weighted by Gasteiger charge is 2.28. The Bertz CT molecular complexity index is 549. The van der Waals surface area contributed by atoms with Gasteiger partial charge in [0, 0.05) is 23.1 Å². The predicted molar refractivity (Wildman–Crippen MR) is 81.9 cm³/mol. The lowest BCUT2D eigenvalue weighted by atomic mass is 10.1. The molecule has 1 aliphatic rings. The molecule has 4 nitrogen and oxygen atoms in total. The van der Waals surface area contributed by atoms with E-state index in [0.29, 0.717) is 10.0 Å². The molecule has 0 aliphatic carbocycles. The lowest BCUT2D eigenvalue weighted by Crippen LogP contribution is -2.37. The first kappa shape index (κ1) is 16.0. The van der Waals surface area contributed by atoms with Gasteiger partial charge in [0.2, 0.25) is 10.0 Å². The second-order valence-corrected chi connectivity index (χ2v) is 7.83. The maximum absolute atomic E-state index is 12.6. The molecule has 1 unspecified atom stereocenters. The van der Waals surface area contributed by atoms with Gasteiger partial charge in [-0.05, 0) is 50.6 Å². The van der Waals surface area contributed by atoms with Crippen molar-refractivity contribution in [2.24, 2.45) is 0 Å². The van der Waals surface area contributed by atoms with Gasteiger partial charge in [-0.3, -0.25) is 0 Å². The van der Waals surface area contributed by atoms with Crippen LogP contribution in [0.25, 0.3) is 0 Å². The van der Waals surface area contributed by atoms with Gasteiger partial charge in [-0.25, -0.2) is 8.42 Å². The fraction of sp³-hybridized carbons (Fsp3) is 0.538. The minimum absolute atomic E-state index is 0.00718. The number of hydrogen-bond donors (Lipinski definition) is 1. The Hall–Kier alpha value is -0.330. The molecule has 1 aromatic carbocycles. The molecule has 1 N–H and O–H groups in total. The molecule has 112 valence electrons. The van der Waals surface area contributed by atoms with E-state index in [1.54, 1.807) is 7.05 Å². The van der Waals surface area contributed by atoms with E-state index >= 15 is 0 Å². The van der Waals surface area contributed by atoms with E-state index in [0.717, 1.165) is 32.4 Å². The number of nitrogens with zero attached hydrogens (tertiary/aromatic N) is 1. The largest absolute Gasteiger partial charge is 0.317 e. The van der Waals surface area contributed by atoms with Crippen molar-refractivity contribution in [1.29, 1.82) is 0 Å². The number of benzene rings is 1. The summed E-state index contributed by atoms with van der Waals surface area (Å²) in [7, 11) is -1.94. The fourth-order valence-electron chi connectivity index (χ4n) is 2.40. The summed E-state index contributed by atoms with van der Waals surface area (Å²) < 4.78 is 26.7. The fourth-order valence-corrected chi connectivity index (χ4v) is 4.55. The van der Waals surface area contributed by atoms with E-state index in [1.165, 1.54) is 22.5 Å². The maximum Gasteiger partial charge on any atom is 0.243 e. The van der Waals surface area contributed by atoms with Crippen molar-refractivity contribution in [1.82, 2.24) is 9.62 Å². The quantitative estimate of drug-likeness (QED) is 0.923. The van der Waals surface area contributed by atoms with Crippen molar-refractivity contribution in [2.75, 3.05) is 20.1 Å². The number of sulfonamides is 1. The standard InChI is InChI=1S/C13H18Cl2N2O2S/c1-17(12-3-2-5-16-6-4-12)20(18,19)13-8-10(14)7-11(15)9-13/h7-9,12,16H,2-6H2,1H3. The van der Waals surface area contributed by atoms with Crippen molar-refractivity contribution in [2.45, 2.75) is 30.2 Å². The van der Waals surface area contributed by atoms with Crippen LogP contribution >= 0.6 is 23.2 Å². The van der Waals surface area contributed by atoms with Crippen molar-refractivity contribution < 1.29 is 8.42 Å². The topological polar surface area (TPSA) is 49.4 Å². The van der Waals surface area contributed by atoms with Crippen LogP contribution < -0.4 is 5.32 Å². The van der Waals surface area contributed by atoms with Crippen molar-refractivity contribution >= 4 is 33.2 Å². The first-order chi connectivity index (χ1) is 9.41. The molecule has 20 heavy (non-hydrogen) atoms. The van der Waals surface area contributed by atoms with Crippen molar-refractivity contribution in [3.05, 3.63) is 28.2 Å². The lowest BCUT2D eigenvalue weighted by Gasteiger charge is -2.26. The van der Waals surface area contributed by atoms with Gasteiger partial charge in [0.15, 0.2) is 0 Å². The Morgan fingerprint density at radius 1 is 1.15 bits per heavy atom. The van der Waals surface area contributed by atoms with Crippen LogP contribution in [0, 0.1) is 0 Å². The number of halogens is 2. The van der Waals surface area contributed by atoms with Crippen LogP contribution in [0.15, 0.2) is 23.1 Å². The first-order valence-electron chi connectivity index (χ1n) is 6.56. The van der Waals surface area contributed by atoms with E-state index in [1.807, 2.05) is 0 Å². The van der Waals surface area contributed by atoms with Gasteiger partial charge in [0.05, 0.1) is 4.90 Å². The van der Waals surface area contributed by atoms with Crippen LogP contribution in [0.1, 0.15) is 19.3 Å². The smallest absolute Gasteiger partial charge is 0.243 e. The highest BCUT2D eigenvalue weighted by atomic mass is 35.5. The minimum atomic E-state index is -3.56. The molecule has 2 rings (SSSR count). The summed E-state index contributed by atoms with van der Waals surface area (Å²) in [5, 5.41) is 3.93. The third-order valence-electron chi connectivity index (χ3n) is 3.57. The van der Waals surface area contributed by atoms with Gasteiger partial charge in [-0.15, -0.1) is 0 Å². The van der Waals surface area contributed by atoms with E-state index in [9.17, 15) is 8.42 Å². The van der Waals surface area contributed by atoms with Gasteiger partial charge in [-0.2, -0.15) is 4.31 Å². The van der Waals surface area contributed by atoms with Crippen LogP contribution in [0.3, 0.4) is 0 Å². The zero-order chi connectivity index (χ0) is 14.8. The van der Waals surface area contributed by atoms with E-state index in [-0.39, 0.29) is 10.9 Å². The third-order valence-corrected chi connectivity index (χ3v) is 5.90. The second kappa shape index (κ2) is 6.62. The summed E-state index contributed by atoms with van der Waals surface area (Å²) in [6.45, 7) is 1.77. The predicted octanol–water partition coefficient (Wildman–Crippen LogP) is 2.76. The zero-order valence-electron chi connectivity index (χ0n) is 11.3. The monoisotopic (exact) mass is 336 g/mol. The Balaban J connectivity index is 2.28. The molecular formula is C13H18Cl2N2O2S. The molecule has 0 amide bonds. The summed E-state index contributed by atoms with van der Waals surface area (Å²) in [5.41, 5.74) is 0. The Labute approximate surface area is 130 Å². The molecule has 1 saturated heterocycles. The molecule has 0 saturated carbocycles. The Morgan fingerprint density at radius 3 is 2.45 bits per heavy atom. The molecule has 0 spiro atoms. The van der Waals surface area contributed by atoms with Gasteiger partial charge in [0.1, 0.15) is 0 Å². The highest BCUT2D eigenvalue weighted by molar-refractivity contribution is 7.89. The average molecular weight is 337 g/mol. The molecule has 0 aromatic heterocycles. The third kappa shape index (κ3) is 3.65. The lowest BCUT2D eigenvalue weighted by molar-refractivity contribution is 0.341. The molecule has 1 heterocycles. The zero-order valence-corrected chi connectivity index (χ0v) is 13.6. The van der Waals surface area contributed by atoms with Crippen LogP contribution in [-0.4, -0.2) is 38.9 Å². The van der Waals surface area contributed by atoms with Crippen molar-refractivity contribution in [3.63, 3.8) is 0 Å². The molecule has 1 fully saturated rings. The molecule has 0 bridgehead atoms. The van der Waals surface area contributed by atoms with Crippen LogP contribution in [0.2, 0.25) is 10.0 Å². The Morgan fingerprint density at radius 2 is 1.80 bits per heavy atom. The summed E-state index contributed by atoms with van der Waals surface area (Å²) >= 11 is 11.8. The molecular weight excluding hydrogens is 319 g/mol. The first-order valence-corrected chi connectivity index (χ1v) is 8.76.